The highest BCUT2D eigenvalue weighted by atomic mass is 79.9. The molecule has 0 aliphatic carbocycles. The molecule has 1 atom stereocenters. The standard InChI is InChI=1S/C18H20BrN5O2/c1-4-23-12(2)10-16(21-23)20-17(25)13(3)26-18-15(19)11-24(22-18)14-8-6-5-7-9-14/h5-11,13H,4H2,1-3H3,(H,20,21,25)/t13-/m0/s1. The van der Waals surface area contributed by atoms with Gasteiger partial charge in [-0.1, -0.05) is 18.2 Å². The van der Waals surface area contributed by atoms with Crippen LogP contribution in [0.2, 0.25) is 0 Å². The van der Waals surface area contributed by atoms with Crippen molar-refractivity contribution >= 4 is 27.7 Å². The number of benzene rings is 1. The Morgan fingerprint density at radius 1 is 1.31 bits per heavy atom. The Kier molecular flexibility index (Phi) is 5.41. The van der Waals surface area contributed by atoms with Gasteiger partial charge in [-0.25, -0.2) is 4.68 Å². The van der Waals surface area contributed by atoms with Crippen LogP contribution in [0, 0.1) is 6.92 Å². The van der Waals surface area contributed by atoms with Crippen molar-refractivity contribution in [2.45, 2.75) is 33.4 Å². The SMILES string of the molecule is CCn1nc(NC(=O)[C@H](C)Oc2nn(-c3ccccc3)cc2Br)cc1C. The number of aromatic nitrogens is 4. The average molecular weight is 418 g/mol. The monoisotopic (exact) mass is 417 g/mol. The fraction of sp³-hybridized carbons (Fsp3) is 0.278. The van der Waals surface area contributed by atoms with E-state index in [0.717, 1.165) is 17.9 Å². The number of para-hydroxylation sites is 1. The summed E-state index contributed by atoms with van der Waals surface area (Å²) < 4.78 is 9.90. The van der Waals surface area contributed by atoms with Crippen molar-refractivity contribution in [3.8, 4) is 11.6 Å². The van der Waals surface area contributed by atoms with Crippen LogP contribution >= 0.6 is 15.9 Å². The topological polar surface area (TPSA) is 74.0 Å². The first-order chi connectivity index (χ1) is 12.5. The highest BCUT2D eigenvalue weighted by Gasteiger charge is 2.20. The Morgan fingerprint density at radius 3 is 2.69 bits per heavy atom. The van der Waals surface area contributed by atoms with Crippen LogP contribution < -0.4 is 10.1 Å². The van der Waals surface area contributed by atoms with Gasteiger partial charge in [0.2, 0.25) is 5.88 Å². The molecule has 0 radical (unpaired) electrons. The van der Waals surface area contributed by atoms with Crippen molar-refractivity contribution in [2.24, 2.45) is 0 Å². The molecule has 26 heavy (non-hydrogen) atoms. The van der Waals surface area contributed by atoms with E-state index in [4.69, 9.17) is 4.74 Å². The molecular formula is C18H20BrN5O2. The molecule has 136 valence electrons. The highest BCUT2D eigenvalue weighted by molar-refractivity contribution is 9.10. The first-order valence-corrected chi connectivity index (χ1v) is 9.09. The zero-order valence-corrected chi connectivity index (χ0v) is 16.4. The van der Waals surface area contributed by atoms with E-state index in [1.807, 2.05) is 54.9 Å². The largest absolute Gasteiger partial charge is 0.463 e. The molecule has 1 amide bonds. The summed E-state index contributed by atoms with van der Waals surface area (Å²) in [7, 11) is 0. The van der Waals surface area contributed by atoms with E-state index in [1.165, 1.54) is 0 Å². The second-order valence-electron chi connectivity index (χ2n) is 5.80. The van der Waals surface area contributed by atoms with Crippen molar-refractivity contribution < 1.29 is 9.53 Å². The molecular weight excluding hydrogens is 398 g/mol. The second kappa shape index (κ2) is 7.74. The van der Waals surface area contributed by atoms with Crippen LogP contribution in [-0.2, 0) is 11.3 Å². The maximum atomic E-state index is 12.4. The Labute approximate surface area is 160 Å². The number of hydrogen-bond donors (Lipinski definition) is 1. The molecule has 2 heterocycles. The molecule has 0 bridgehead atoms. The number of carbonyl (C=O) groups is 1. The normalized spacial score (nSPS) is 12.0. The molecule has 0 saturated carbocycles. The number of amides is 1. The number of aryl methyl sites for hydroxylation is 2. The van der Waals surface area contributed by atoms with Gasteiger partial charge in [-0.3, -0.25) is 9.48 Å². The van der Waals surface area contributed by atoms with Crippen LogP contribution in [0.25, 0.3) is 5.69 Å². The van der Waals surface area contributed by atoms with Gasteiger partial charge in [-0.2, -0.15) is 5.10 Å². The molecule has 0 saturated heterocycles. The Bertz CT molecular complexity index is 904. The minimum atomic E-state index is -0.725. The molecule has 0 aliphatic rings. The van der Waals surface area contributed by atoms with E-state index in [0.29, 0.717) is 16.2 Å². The highest BCUT2D eigenvalue weighted by Crippen LogP contribution is 2.25. The lowest BCUT2D eigenvalue weighted by Gasteiger charge is -2.12. The number of halogens is 1. The molecule has 1 N–H and O–H groups in total. The van der Waals surface area contributed by atoms with Gasteiger partial charge in [0, 0.05) is 24.5 Å². The van der Waals surface area contributed by atoms with Crippen molar-refractivity contribution in [1.82, 2.24) is 19.6 Å². The molecule has 0 spiro atoms. The van der Waals surface area contributed by atoms with E-state index in [1.54, 1.807) is 17.8 Å². The lowest BCUT2D eigenvalue weighted by Crippen LogP contribution is -2.30. The molecule has 8 heteroatoms. The summed E-state index contributed by atoms with van der Waals surface area (Å²) >= 11 is 3.43. The molecule has 2 aromatic heterocycles. The lowest BCUT2D eigenvalue weighted by molar-refractivity contribution is -0.122. The molecule has 0 aliphatic heterocycles. The van der Waals surface area contributed by atoms with Gasteiger partial charge in [-0.15, -0.1) is 5.10 Å². The smallest absolute Gasteiger partial charge is 0.266 e. The third-order valence-corrected chi connectivity index (χ3v) is 4.39. The minimum absolute atomic E-state index is 0.285. The predicted octanol–water partition coefficient (Wildman–Crippen LogP) is 3.57. The van der Waals surface area contributed by atoms with Crippen LogP contribution in [0.1, 0.15) is 19.5 Å². The minimum Gasteiger partial charge on any atom is -0.463 e. The summed E-state index contributed by atoms with van der Waals surface area (Å²) in [5, 5.41) is 11.5. The Morgan fingerprint density at radius 2 is 2.04 bits per heavy atom. The number of carbonyl (C=O) groups excluding carboxylic acids is 1. The number of nitrogens with one attached hydrogen (secondary N) is 1. The summed E-state index contributed by atoms with van der Waals surface area (Å²) in [6.07, 6.45) is 1.07. The third-order valence-electron chi connectivity index (χ3n) is 3.85. The van der Waals surface area contributed by atoms with E-state index < -0.39 is 6.10 Å². The maximum Gasteiger partial charge on any atom is 0.266 e. The quantitative estimate of drug-likeness (QED) is 0.665. The first kappa shape index (κ1) is 18.2. The zero-order chi connectivity index (χ0) is 18.7. The maximum absolute atomic E-state index is 12.4. The molecule has 7 nitrogen and oxygen atoms in total. The van der Waals surface area contributed by atoms with Gasteiger partial charge >= 0.3 is 0 Å². The van der Waals surface area contributed by atoms with E-state index >= 15 is 0 Å². The van der Waals surface area contributed by atoms with Crippen molar-refractivity contribution in [3.63, 3.8) is 0 Å². The molecule has 1 aromatic carbocycles. The van der Waals surface area contributed by atoms with Crippen LogP contribution in [0.3, 0.4) is 0 Å². The average Bonchev–Trinajstić information content (AvgIpc) is 3.18. The van der Waals surface area contributed by atoms with Gasteiger partial charge in [0.15, 0.2) is 11.9 Å². The van der Waals surface area contributed by atoms with Crippen LogP contribution in [0.15, 0.2) is 47.1 Å². The number of rotatable bonds is 6. The van der Waals surface area contributed by atoms with E-state index in [2.05, 4.69) is 31.4 Å². The lowest BCUT2D eigenvalue weighted by atomic mass is 10.3. The third kappa shape index (κ3) is 3.96. The fourth-order valence-corrected chi connectivity index (χ4v) is 2.84. The van der Waals surface area contributed by atoms with Crippen LogP contribution in [0.4, 0.5) is 5.82 Å². The second-order valence-corrected chi connectivity index (χ2v) is 6.65. The van der Waals surface area contributed by atoms with Crippen molar-refractivity contribution in [3.05, 3.63) is 52.8 Å². The van der Waals surface area contributed by atoms with Crippen molar-refractivity contribution in [2.75, 3.05) is 5.32 Å². The van der Waals surface area contributed by atoms with Crippen LogP contribution in [-0.4, -0.2) is 31.6 Å². The van der Waals surface area contributed by atoms with Gasteiger partial charge in [0.25, 0.3) is 5.91 Å². The van der Waals surface area contributed by atoms with Gasteiger partial charge in [0.05, 0.1) is 10.2 Å². The van der Waals surface area contributed by atoms with Crippen LogP contribution in [0.5, 0.6) is 5.88 Å². The number of anilines is 1. The predicted molar refractivity (Wildman–Crippen MR) is 103 cm³/mol. The summed E-state index contributed by atoms with van der Waals surface area (Å²) in [5.74, 6) is 0.581. The summed E-state index contributed by atoms with van der Waals surface area (Å²) in [5.41, 5.74) is 1.89. The number of hydrogen-bond acceptors (Lipinski definition) is 4. The Balaban J connectivity index is 1.68. The van der Waals surface area contributed by atoms with Crippen molar-refractivity contribution in [1.29, 1.82) is 0 Å². The Hall–Kier alpha value is -2.61. The molecule has 0 fully saturated rings. The number of ether oxygens (including phenoxy) is 1. The fourth-order valence-electron chi connectivity index (χ4n) is 2.47. The first-order valence-electron chi connectivity index (χ1n) is 8.30. The van der Waals surface area contributed by atoms with Gasteiger partial charge in [-0.05, 0) is 48.8 Å². The van der Waals surface area contributed by atoms with Gasteiger partial charge in [0.1, 0.15) is 0 Å². The molecule has 0 unspecified atom stereocenters. The molecule has 3 aromatic rings. The molecule has 3 rings (SSSR count). The van der Waals surface area contributed by atoms with E-state index in [9.17, 15) is 4.79 Å². The van der Waals surface area contributed by atoms with Gasteiger partial charge < -0.3 is 10.1 Å². The number of nitrogens with zero attached hydrogens (tertiary/aromatic N) is 4. The zero-order valence-electron chi connectivity index (χ0n) is 14.8. The summed E-state index contributed by atoms with van der Waals surface area (Å²) in [6, 6.07) is 11.5. The summed E-state index contributed by atoms with van der Waals surface area (Å²) in [6.45, 7) is 6.36. The van der Waals surface area contributed by atoms with E-state index in [-0.39, 0.29) is 5.91 Å². The summed E-state index contributed by atoms with van der Waals surface area (Å²) in [4.78, 5) is 12.4.